The second-order valence-corrected chi connectivity index (χ2v) is 5.25. The number of carbonyl (C=O) groups excluding carboxylic acids is 1. The molecule has 19 heavy (non-hydrogen) atoms. The van der Waals surface area contributed by atoms with Crippen LogP contribution in [0.2, 0.25) is 0 Å². The number of hydrogen-bond acceptors (Lipinski definition) is 5. The Kier molecular flexibility index (Phi) is 4.18. The number of hydrogen-bond donors (Lipinski definition) is 2. The first kappa shape index (κ1) is 13.6. The van der Waals surface area contributed by atoms with Crippen LogP contribution in [0.5, 0.6) is 0 Å². The van der Waals surface area contributed by atoms with Gasteiger partial charge in [-0.2, -0.15) is 0 Å². The number of carbonyl (C=O) groups is 1. The summed E-state index contributed by atoms with van der Waals surface area (Å²) in [6.07, 6.45) is 0.802. The number of nitrogens with one attached hydrogen (secondary N) is 1. The van der Waals surface area contributed by atoms with Crippen LogP contribution in [-0.2, 0) is 6.42 Å². The first-order chi connectivity index (χ1) is 9.10. The first-order valence-electron chi connectivity index (χ1n) is 5.63. The van der Waals surface area contributed by atoms with Gasteiger partial charge in [0.25, 0.3) is 5.91 Å². The van der Waals surface area contributed by atoms with E-state index in [2.05, 4.69) is 15.5 Å². The zero-order chi connectivity index (χ0) is 13.8. The standard InChI is InChI=1S/C12H12N4OS2/c1-2-9-15-16-12(19-9)14-11(17)8-5-3-7(4-6-8)10(13)18/h3-6H,2H2,1H3,(H2,13,18)(H,14,16,17). The van der Waals surface area contributed by atoms with Crippen molar-refractivity contribution < 1.29 is 4.79 Å². The Morgan fingerprint density at radius 3 is 2.47 bits per heavy atom. The molecule has 3 N–H and O–H groups in total. The number of aryl methyl sites for hydroxylation is 1. The van der Waals surface area contributed by atoms with Crippen molar-refractivity contribution in [2.75, 3.05) is 5.32 Å². The SMILES string of the molecule is CCc1nnc(NC(=O)c2ccc(C(N)=S)cc2)s1. The van der Waals surface area contributed by atoms with E-state index >= 15 is 0 Å². The van der Waals surface area contributed by atoms with Crippen LogP contribution >= 0.6 is 23.6 Å². The smallest absolute Gasteiger partial charge is 0.257 e. The second-order valence-electron chi connectivity index (χ2n) is 3.75. The number of rotatable bonds is 4. The normalized spacial score (nSPS) is 10.2. The van der Waals surface area contributed by atoms with Gasteiger partial charge in [0.1, 0.15) is 10.00 Å². The number of nitrogens with two attached hydrogens (primary N) is 1. The number of amides is 1. The Morgan fingerprint density at radius 2 is 1.95 bits per heavy atom. The summed E-state index contributed by atoms with van der Waals surface area (Å²) < 4.78 is 0. The van der Waals surface area contributed by atoms with Crippen molar-refractivity contribution in [2.24, 2.45) is 5.73 Å². The van der Waals surface area contributed by atoms with Crippen molar-refractivity contribution in [3.63, 3.8) is 0 Å². The molecule has 1 amide bonds. The van der Waals surface area contributed by atoms with Crippen LogP contribution in [0, 0.1) is 0 Å². The van der Waals surface area contributed by atoms with Gasteiger partial charge in [0.05, 0.1) is 0 Å². The Balaban J connectivity index is 2.09. The molecule has 1 heterocycles. The fourth-order valence-corrected chi connectivity index (χ4v) is 2.21. The van der Waals surface area contributed by atoms with Crippen molar-refractivity contribution >= 4 is 39.6 Å². The molecule has 0 aliphatic rings. The van der Waals surface area contributed by atoms with Gasteiger partial charge in [-0.3, -0.25) is 10.1 Å². The number of anilines is 1. The lowest BCUT2D eigenvalue weighted by Crippen LogP contribution is -2.13. The minimum absolute atomic E-state index is 0.228. The van der Waals surface area contributed by atoms with Gasteiger partial charge in [0, 0.05) is 11.1 Å². The lowest BCUT2D eigenvalue weighted by molar-refractivity contribution is 0.102. The molecule has 2 aromatic rings. The third-order valence-electron chi connectivity index (χ3n) is 2.42. The average molecular weight is 292 g/mol. The largest absolute Gasteiger partial charge is 0.389 e. The average Bonchev–Trinajstić information content (AvgIpc) is 2.86. The summed E-state index contributed by atoms with van der Waals surface area (Å²) >= 11 is 6.22. The van der Waals surface area contributed by atoms with Crippen molar-refractivity contribution in [1.29, 1.82) is 0 Å². The highest BCUT2D eigenvalue weighted by Crippen LogP contribution is 2.16. The van der Waals surface area contributed by atoms with E-state index in [-0.39, 0.29) is 5.91 Å². The topological polar surface area (TPSA) is 80.9 Å². The van der Waals surface area contributed by atoms with Gasteiger partial charge in [-0.05, 0) is 18.6 Å². The molecular weight excluding hydrogens is 280 g/mol. The fraction of sp³-hybridized carbons (Fsp3) is 0.167. The summed E-state index contributed by atoms with van der Waals surface area (Å²) in [4.78, 5) is 12.3. The van der Waals surface area contributed by atoms with Gasteiger partial charge in [-0.1, -0.05) is 42.6 Å². The molecule has 0 fully saturated rings. The summed E-state index contributed by atoms with van der Waals surface area (Å²) in [5.41, 5.74) is 6.75. The molecule has 7 heteroatoms. The summed E-state index contributed by atoms with van der Waals surface area (Å²) in [5.74, 6) is -0.228. The number of aromatic nitrogens is 2. The Hall–Kier alpha value is -1.86. The van der Waals surface area contributed by atoms with Crippen LogP contribution in [0.3, 0.4) is 0 Å². The molecule has 0 saturated carbocycles. The van der Waals surface area contributed by atoms with Gasteiger partial charge in [0.15, 0.2) is 0 Å². The van der Waals surface area contributed by atoms with E-state index < -0.39 is 0 Å². The molecule has 5 nitrogen and oxygen atoms in total. The van der Waals surface area contributed by atoms with E-state index in [1.54, 1.807) is 24.3 Å². The predicted octanol–water partition coefficient (Wildman–Crippen LogP) is 1.99. The number of thiocarbonyl (C=S) groups is 1. The van der Waals surface area contributed by atoms with E-state index in [0.717, 1.165) is 17.0 Å². The van der Waals surface area contributed by atoms with Gasteiger partial charge >= 0.3 is 0 Å². The number of benzene rings is 1. The van der Waals surface area contributed by atoms with Crippen LogP contribution in [0.25, 0.3) is 0 Å². The van der Waals surface area contributed by atoms with Crippen LogP contribution in [0.1, 0.15) is 27.9 Å². The van der Waals surface area contributed by atoms with Crippen molar-refractivity contribution in [3.05, 3.63) is 40.4 Å². The Labute approximate surface area is 119 Å². The lowest BCUT2D eigenvalue weighted by atomic mass is 10.1. The maximum atomic E-state index is 12.0. The molecule has 0 saturated heterocycles. The highest BCUT2D eigenvalue weighted by Gasteiger charge is 2.09. The second kappa shape index (κ2) is 5.85. The molecule has 0 spiro atoms. The third kappa shape index (κ3) is 3.33. The summed E-state index contributed by atoms with van der Waals surface area (Å²) in [6, 6.07) is 6.78. The maximum absolute atomic E-state index is 12.0. The minimum Gasteiger partial charge on any atom is -0.389 e. The van der Waals surface area contributed by atoms with Crippen molar-refractivity contribution in [3.8, 4) is 0 Å². The van der Waals surface area contributed by atoms with E-state index in [9.17, 15) is 4.79 Å². The number of nitrogens with zero attached hydrogens (tertiary/aromatic N) is 2. The summed E-state index contributed by atoms with van der Waals surface area (Å²) in [7, 11) is 0. The molecule has 2 rings (SSSR count). The monoisotopic (exact) mass is 292 g/mol. The Bertz CT molecular complexity index is 606. The molecule has 1 aromatic carbocycles. The molecular formula is C12H12N4OS2. The fourth-order valence-electron chi connectivity index (χ4n) is 1.40. The van der Waals surface area contributed by atoms with Gasteiger partial charge in [-0.25, -0.2) is 0 Å². The molecule has 0 unspecified atom stereocenters. The van der Waals surface area contributed by atoms with E-state index in [1.807, 2.05) is 6.92 Å². The third-order valence-corrected chi connectivity index (χ3v) is 3.64. The summed E-state index contributed by atoms with van der Waals surface area (Å²) in [6.45, 7) is 1.99. The summed E-state index contributed by atoms with van der Waals surface area (Å²) in [5, 5.41) is 11.9. The molecule has 0 aliphatic heterocycles. The van der Waals surface area contributed by atoms with Crippen molar-refractivity contribution in [2.45, 2.75) is 13.3 Å². The minimum atomic E-state index is -0.228. The van der Waals surface area contributed by atoms with Crippen molar-refractivity contribution in [1.82, 2.24) is 10.2 Å². The van der Waals surface area contributed by atoms with Gasteiger partial charge in [0.2, 0.25) is 5.13 Å². The van der Waals surface area contributed by atoms with E-state index in [4.69, 9.17) is 18.0 Å². The van der Waals surface area contributed by atoms with Crippen LogP contribution in [0.4, 0.5) is 5.13 Å². The highest BCUT2D eigenvalue weighted by atomic mass is 32.1. The molecule has 0 atom stereocenters. The van der Waals surface area contributed by atoms with Gasteiger partial charge in [-0.15, -0.1) is 10.2 Å². The molecule has 0 bridgehead atoms. The highest BCUT2D eigenvalue weighted by molar-refractivity contribution is 7.80. The molecule has 0 radical (unpaired) electrons. The Morgan fingerprint density at radius 1 is 1.32 bits per heavy atom. The van der Waals surface area contributed by atoms with Crippen LogP contribution in [0.15, 0.2) is 24.3 Å². The molecule has 98 valence electrons. The molecule has 1 aromatic heterocycles. The predicted molar refractivity (Wildman–Crippen MR) is 79.6 cm³/mol. The molecule has 0 aliphatic carbocycles. The first-order valence-corrected chi connectivity index (χ1v) is 6.86. The van der Waals surface area contributed by atoms with Crippen LogP contribution in [-0.4, -0.2) is 21.1 Å². The lowest BCUT2D eigenvalue weighted by Gasteiger charge is -2.02. The zero-order valence-corrected chi connectivity index (χ0v) is 11.8. The van der Waals surface area contributed by atoms with E-state index in [0.29, 0.717) is 15.7 Å². The van der Waals surface area contributed by atoms with E-state index in [1.165, 1.54) is 11.3 Å². The van der Waals surface area contributed by atoms with Crippen LogP contribution < -0.4 is 11.1 Å². The zero-order valence-electron chi connectivity index (χ0n) is 10.2. The quantitative estimate of drug-likeness (QED) is 0.842. The van der Waals surface area contributed by atoms with Gasteiger partial charge < -0.3 is 5.73 Å². The maximum Gasteiger partial charge on any atom is 0.257 e.